The normalized spacial score (nSPS) is 17.6. The molecule has 1 N–H and O–H groups in total. The van der Waals surface area contributed by atoms with E-state index in [1.165, 1.54) is 26.2 Å². The van der Waals surface area contributed by atoms with Crippen molar-refractivity contribution in [2.75, 3.05) is 21.3 Å². The van der Waals surface area contributed by atoms with Gasteiger partial charge in [0.1, 0.15) is 10.4 Å². The molecule has 2 rings (SSSR count). The fourth-order valence-corrected chi connectivity index (χ4v) is 4.22. The minimum atomic E-state index is -1.07. The van der Waals surface area contributed by atoms with E-state index in [4.69, 9.17) is 26.4 Å². The van der Waals surface area contributed by atoms with Crippen LogP contribution in [0.1, 0.15) is 25.8 Å². The second-order valence-electron chi connectivity index (χ2n) is 6.18. The SMILES string of the molecule is CCC(C)C(C(=O)O)N1C(=O)C(=Cc2cc(OC)c(OC)c(OC)c2)SC1=S. The summed E-state index contributed by atoms with van der Waals surface area (Å²) < 4.78 is 16.2. The van der Waals surface area contributed by atoms with E-state index in [0.717, 1.165) is 11.8 Å². The molecule has 2 atom stereocenters. The van der Waals surface area contributed by atoms with Gasteiger partial charge in [-0.15, -0.1) is 0 Å². The molecule has 1 fully saturated rings. The Labute approximate surface area is 173 Å². The van der Waals surface area contributed by atoms with Crippen molar-refractivity contribution in [3.05, 3.63) is 22.6 Å². The van der Waals surface area contributed by atoms with Gasteiger partial charge in [0.05, 0.1) is 26.2 Å². The van der Waals surface area contributed by atoms with Crippen LogP contribution in [-0.2, 0) is 9.59 Å². The first-order valence-corrected chi connectivity index (χ1v) is 9.81. The van der Waals surface area contributed by atoms with Crippen LogP contribution in [0.3, 0.4) is 0 Å². The van der Waals surface area contributed by atoms with Crippen molar-refractivity contribution in [1.29, 1.82) is 0 Å². The molecule has 1 heterocycles. The highest BCUT2D eigenvalue weighted by atomic mass is 32.2. The summed E-state index contributed by atoms with van der Waals surface area (Å²) in [5, 5.41) is 9.61. The largest absolute Gasteiger partial charge is 0.493 e. The van der Waals surface area contributed by atoms with Crippen molar-refractivity contribution < 1.29 is 28.9 Å². The topological polar surface area (TPSA) is 85.3 Å². The molecular weight excluding hydrogens is 402 g/mol. The van der Waals surface area contributed by atoms with Crippen LogP contribution in [0.25, 0.3) is 6.08 Å². The Hall–Kier alpha value is -2.26. The Morgan fingerprint density at radius 1 is 1.25 bits per heavy atom. The molecular formula is C19H23NO6S2. The molecule has 1 saturated heterocycles. The van der Waals surface area contributed by atoms with E-state index in [-0.39, 0.29) is 10.2 Å². The van der Waals surface area contributed by atoms with E-state index in [1.54, 1.807) is 25.1 Å². The Kier molecular flexibility index (Phi) is 7.31. The van der Waals surface area contributed by atoms with E-state index in [1.807, 2.05) is 6.92 Å². The first-order valence-electron chi connectivity index (χ1n) is 8.58. The number of thioether (sulfide) groups is 1. The zero-order chi connectivity index (χ0) is 21.0. The van der Waals surface area contributed by atoms with Gasteiger partial charge in [0, 0.05) is 0 Å². The molecule has 1 aliphatic rings. The molecule has 0 aromatic heterocycles. The molecule has 1 aromatic rings. The number of thiocarbonyl (C=S) groups is 1. The second kappa shape index (κ2) is 9.29. The highest BCUT2D eigenvalue weighted by molar-refractivity contribution is 8.26. The number of benzene rings is 1. The van der Waals surface area contributed by atoms with Gasteiger partial charge in [-0.2, -0.15) is 0 Å². The van der Waals surface area contributed by atoms with Gasteiger partial charge in [-0.1, -0.05) is 44.2 Å². The molecule has 1 amide bonds. The number of carboxylic acid groups (broad SMARTS) is 1. The number of hydrogen-bond acceptors (Lipinski definition) is 7. The average Bonchev–Trinajstić information content (AvgIpc) is 2.94. The lowest BCUT2D eigenvalue weighted by molar-refractivity contribution is -0.147. The third kappa shape index (κ3) is 4.25. The van der Waals surface area contributed by atoms with Crippen LogP contribution < -0.4 is 14.2 Å². The quantitative estimate of drug-likeness (QED) is 0.501. The number of nitrogens with zero attached hydrogens (tertiary/aromatic N) is 1. The van der Waals surface area contributed by atoms with E-state index in [2.05, 4.69) is 0 Å². The Bertz CT molecular complexity index is 798. The second-order valence-corrected chi connectivity index (χ2v) is 7.85. The maximum atomic E-state index is 12.9. The number of ether oxygens (including phenoxy) is 3. The van der Waals surface area contributed by atoms with Gasteiger partial charge in [0.2, 0.25) is 5.75 Å². The van der Waals surface area contributed by atoms with Crippen LogP contribution in [0.2, 0.25) is 0 Å². The van der Waals surface area contributed by atoms with Gasteiger partial charge in [-0.25, -0.2) is 4.79 Å². The summed E-state index contributed by atoms with van der Waals surface area (Å²) in [6, 6.07) is 2.41. The average molecular weight is 426 g/mol. The number of methoxy groups -OCH3 is 3. The number of carbonyl (C=O) groups excluding carboxylic acids is 1. The molecule has 7 nitrogen and oxygen atoms in total. The summed E-state index contributed by atoms with van der Waals surface area (Å²) in [7, 11) is 4.51. The van der Waals surface area contributed by atoms with E-state index in [9.17, 15) is 14.7 Å². The fourth-order valence-electron chi connectivity index (χ4n) is 2.89. The number of amides is 1. The van der Waals surface area contributed by atoms with Crippen molar-refractivity contribution in [1.82, 2.24) is 4.90 Å². The number of rotatable bonds is 8. The maximum absolute atomic E-state index is 12.9. The van der Waals surface area contributed by atoms with E-state index in [0.29, 0.717) is 34.1 Å². The maximum Gasteiger partial charge on any atom is 0.327 e. The summed E-state index contributed by atoms with van der Waals surface area (Å²) in [5.41, 5.74) is 0.644. The molecule has 0 saturated carbocycles. The van der Waals surface area contributed by atoms with Crippen molar-refractivity contribution in [3.63, 3.8) is 0 Å². The molecule has 1 aromatic carbocycles. The van der Waals surface area contributed by atoms with E-state index >= 15 is 0 Å². The van der Waals surface area contributed by atoms with Gasteiger partial charge in [-0.3, -0.25) is 9.69 Å². The molecule has 0 aliphatic carbocycles. The summed E-state index contributed by atoms with van der Waals surface area (Å²) in [4.78, 5) is 26.2. The Morgan fingerprint density at radius 2 is 1.82 bits per heavy atom. The Morgan fingerprint density at radius 3 is 2.25 bits per heavy atom. The predicted molar refractivity (Wildman–Crippen MR) is 112 cm³/mol. The first kappa shape index (κ1) is 22.0. The molecule has 28 heavy (non-hydrogen) atoms. The number of hydrogen-bond donors (Lipinski definition) is 1. The molecule has 0 radical (unpaired) electrons. The lowest BCUT2D eigenvalue weighted by atomic mass is 9.98. The van der Waals surface area contributed by atoms with Gasteiger partial charge < -0.3 is 19.3 Å². The lowest BCUT2D eigenvalue weighted by Crippen LogP contribution is -2.47. The van der Waals surface area contributed by atoms with Crippen LogP contribution >= 0.6 is 24.0 Å². The molecule has 152 valence electrons. The molecule has 0 bridgehead atoms. The molecule has 9 heteroatoms. The monoisotopic (exact) mass is 425 g/mol. The van der Waals surface area contributed by atoms with Gasteiger partial charge in [-0.05, 0) is 29.7 Å². The minimum absolute atomic E-state index is 0.233. The number of aliphatic carboxylic acids is 1. The zero-order valence-corrected chi connectivity index (χ0v) is 18.0. The molecule has 1 aliphatic heterocycles. The van der Waals surface area contributed by atoms with Crippen LogP contribution in [0.5, 0.6) is 17.2 Å². The summed E-state index contributed by atoms with van der Waals surface area (Å²) in [5.74, 6) is -0.382. The highest BCUT2D eigenvalue weighted by Crippen LogP contribution is 2.41. The van der Waals surface area contributed by atoms with E-state index < -0.39 is 17.9 Å². The van der Waals surface area contributed by atoms with Crippen molar-refractivity contribution in [2.24, 2.45) is 5.92 Å². The van der Waals surface area contributed by atoms with Crippen LogP contribution in [-0.4, -0.2) is 53.6 Å². The number of carbonyl (C=O) groups is 2. The lowest BCUT2D eigenvalue weighted by Gasteiger charge is -2.27. The van der Waals surface area contributed by atoms with Gasteiger partial charge in [0.25, 0.3) is 5.91 Å². The smallest absolute Gasteiger partial charge is 0.327 e. The van der Waals surface area contributed by atoms with Gasteiger partial charge >= 0.3 is 5.97 Å². The number of carboxylic acids is 1. The van der Waals surface area contributed by atoms with Gasteiger partial charge in [0.15, 0.2) is 11.5 Å². The summed E-state index contributed by atoms with van der Waals surface area (Å²) >= 11 is 6.38. The predicted octanol–water partition coefficient (Wildman–Crippen LogP) is 3.41. The third-order valence-electron chi connectivity index (χ3n) is 4.52. The molecule has 2 unspecified atom stereocenters. The van der Waals surface area contributed by atoms with Crippen LogP contribution in [0.15, 0.2) is 17.0 Å². The first-order chi connectivity index (χ1) is 13.3. The zero-order valence-electron chi connectivity index (χ0n) is 16.3. The Balaban J connectivity index is 2.44. The van der Waals surface area contributed by atoms with Crippen molar-refractivity contribution >= 4 is 46.3 Å². The highest BCUT2D eigenvalue weighted by Gasteiger charge is 2.42. The standard InChI is InChI=1S/C19H23NO6S2/c1-6-10(2)15(18(22)23)20-17(21)14(28-19(20)27)9-11-7-12(24-3)16(26-5)13(8-11)25-4/h7-10,15H,6H2,1-5H3,(H,22,23). The van der Waals surface area contributed by atoms with Crippen molar-refractivity contribution in [3.8, 4) is 17.2 Å². The minimum Gasteiger partial charge on any atom is -0.493 e. The third-order valence-corrected chi connectivity index (χ3v) is 5.85. The fraction of sp³-hybridized carbons (Fsp3) is 0.421. The summed E-state index contributed by atoms with van der Waals surface area (Å²) in [6.07, 6.45) is 2.25. The molecule has 0 spiro atoms. The summed E-state index contributed by atoms with van der Waals surface area (Å²) in [6.45, 7) is 3.67. The van der Waals surface area contributed by atoms with Crippen molar-refractivity contribution in [2.45, 2.75) is 26.3 Å². The van der Waals surface area contributed by atoms with Crippen LogP contribution in [0, 0.1) is 5.92 Å². The van der Waals surface area contributed by atoms with Crippen LogP contribution in [0.4, 0.5) is 0 Å².